The lowest BCUT2D eigenvalue weighted by atomic mass is 10.1. The van der Waals surface area contributed by atoms with E-state index in [1.54, 1.807) is 20.1 Å². The smallest absolute Gasteiger partial charge is 0.330 e. The van der Waals surface area contributed by atoms with Crippen LogP contribution in [0.25, 0.3) is 16.8 Å². The number of fused-ring (bicyclic) bond motifs is 1. The number of carbonyl (C=O) groups excluding carboxylic acids is 1. The van der Waals surface area contributed by atoms with Crippen LogP contribution in [0.4, 0.5) is 0 Å². The molecule has 0 heterocycles. The van der Waals surface area contributed by atoms with Crippen LogP contribution in [0.5, 0.6) is 5.75 Å². The van der Waals surface area contributed by atoms with Crippen molar-refractivity contribution in [2.75, 3.05) is 13.7 Å². The summed E-state index contributed by atoms with van der Waals surface area (Å²) < 4.78 is 10.1. The molecule has 0 fully saturated rings. The predicted octanol–water partition coefficient (Wildman–Crippen LogP) is 3.42. The van der Waals surface area contributed by atoms with Gasteiger partial charge in [-0.1, -0.05) is 24.3 Å². The Kier molecular flexibility index (Phi) is 4.18. The Labute approximate surface area is 112 Å². The normalized spacial score (nSPS) is 10.8. The predicted molar refractivity (Wildman–Crippen MR) is 76.2 cm³/mol. The number of hydrogen-bond acceptors (Lipinski definition) is 3. The minimum absolute atomic E-state index is 0.326. The van der Waals surface area contributed by atoms with Crippen molar-refractivity contribution in [2.24, 2.45) is 0 Å². The fraction of sp³-hybridized carbons (Fsp3) is 0.188. The summed E-state index contributed by atoms with van der Waals surface area (Å²) >= 11 is 0. The van der Waals surface area contributed by atoms with Gasteiger partial charge in [0.25, 0.3) is 0 Å². The molecule has 3 heteroatoms. The molecule has 0 amide bonds. The van der Waals surface area contributed by atoms with Crippen LogP contribution >= 0.6 is 0 Å². The van der Waals surface area contributed by atoms with Crippen molar-refractivity contribution < 1.29 is 14.3 Å². The third-order valence-electron chi connectivity index (χ3n) is 2.78. The van der Waals surface area contributed by atoms with Gasteiger partial charge in [-0.05, 0) is 36.1 Å². The summed E-state index contributed by atoms with van der Waals surface area (Å²) in [5.74, 6) is 0.520. The lowest BCUT2D eigenvalue weighted by Gasteiger charge is -2.05. The molecule has 0 aliphatic heterocycles. The Bertz CT molecular complexity index is 614. The molecule has 0 N–H and O–H groups in total. The van der Waals surface area contributed by atoms with Gasteiger partial charge < -0.3 is 9.47 Å². The summed E-state index contributed by atoms with van der Waals surface area (Å²) in [5, 5.41) is 2.13. The van der Waals surface area contributed by atoms with Gasteiger partial charge in [0.2, 0.25) is 0 Å². The van der Waals surface area contributed by atoms with Crippen LogP contribution in [0.2, 0.25) is 0 Å². The van der Waals surface area contributed by atoms with Crippen molar-refractivity contribution in [1.29, 1.82) is 0 Å². The number of carbonyl (C=O) groups is 1. The quantitative estimate of drug-likeness (QED) is 0.621. The molecule has 0 bridgehead atoms. The Morgan fingerprint density at radius 3 is 2.84 bits per heavy atom. The SMILES string of the molecule is CCOC(=O)/C=C/c1ccc2c(OC)cccc2c1. The highest BCUT2D eigenvalue weighted by Gasteiger charge is 2.01. The summed E-state index contributed by atoms with van der Waals surface area (Å²) in [6.45, 7) is 2.17. The van der Waals surface area contributed by atoms with E-state index in [2.05, 4.69) is 0 Å². The topological polar surface area (TPSA) is 35.5 Å². The zero-order valence-corrected chi connectivity index (χ0v) is 11.1. The molecule has 0 aromatic heterocycles. The number of esters is 1. The van der Waals surface area contributed by atoms with E-state index in [0.717, 1.165) is 22.1 Å². The molecule has 0 unspecified atom stereocenters. The van der Waals surface area contributed by atoms with Crippen LogP contribution in [0, 0.1) is 0 Å². The van der Waals surface area contributed by atoms with Crippen molar-refractivity contribution in [2.45, 2.75) is 6.92 Å². The van der Waals surface area contributed by atoms with Crippen molar-refractivity contribution in [1.82, 2.24) is 0 Å². The van der Waals surface area contributed by atoms with Gasteiger partial charge in [0.05, 0.1) is 13.7 Å². The van der Waals surface area contributed by atoms with Gasteiger partial charge in [-0.25, -0.2) is 4.79 Å². The standard InChI is InChI=1S/C16H16O3/c1-3-19-16(17)10-8-12-7-9-14-13(11-12)5-4-6-15(14)18-2/h4-11H,3H2,1-2H3/b10-8+. The molecule has 0 radical (unpaired) electrons. The summed E-state index contributed by atoms with van der Waals surface area (Å²) in [5.41, 5.74) is 0.953. The van der Waals surface area contributed by atoms with E-state index >= 15 is 0 Å². The van der Waals surface area contributed by atoms with E-state index in [0.29, 0.717) is 6.61 Å². The van der Waals surface area contributed by atoms with Crippen molar-refractivity contribution in [3.8, 4) is 5.75 Å². The molecule has 2 aromatic carbocycles. The summed E-state index contributed by atoms with van der Waals surface area (Å²) in [6, 6.07) is 11.8. The Hall–Kier alpha value is -2.29. The molecule has 0 saturated heterocycles. The monoisotopic (exact) mass is 256 g/mol. The summed E-state index contributed by atoms with van der Waals surface area (Å²) in [4.78, 5) is 11.3. The highest BCUT2D eigenvalue weighted by atomic mass is 16.5. The highest BCUT2D eigenvalue weighted by Crippen LogP contribution is 2.26. The maximum Gasteiger partial charge on any atom is 0.330 e. The first-order valence-corrected chi connectivity index (χ1v) is 6.16. The fourth-order valence-corrected chi connectivity index (χ4v) is 1.91. The molecule has 98 valence electrons. The highest BCUT2D eigenvalue weighted by molar-refractivity contribution is 5.92. The second kappa shape index (κ2) is 6.05. The lowest BCUT2D eigenvalue weighted by molar-refractivity contribution is -0.137. The zero-order valence-electron chi connectivity index (χ0n) is 11.1. The minimum Gasteiger partial charge on any atom is -0.496 e. The van der Waals surface area contributed by atoms with Gasteiger partial charge >= 0.3 is 5.97 Å². The zero-order chi connectivity index (χ0) is 13.7. The molecule has 2 aromatic rings. The van der Waals surface area contributed by atoms with Gasteiger partial charge in [-0.15, -0.1) is 0 Å². The molecule has 0 saturated carbocycles. The van der Waals surface area contributed by atoms with E-state index in [1.807, 2.05) is 36.4 Å². The average Bonchev–Trinajstić information content (AvgIpc) is 2.44. The average molecular weight is 256 g/mol. The molecular weight excluding hydrogens is 240 g/mol. The molecular formula is C16H16O3. The Morgan fingerprint density at radius 2 is 2.11 bits per heavy atom. The minimum atomic E-state index is -0.326. The molecule has 0 spiro atoms. The van der Waals surface area contributed by atoms with E-state index < -0.39 is 0 Å². The molecule has 0 aliphatic carbocycles. The van der Waals surface area contributed by atoms with Crippen LogP contribution in [0.3, 0.4) is 0 Å². The largest absolute Gasteiger partial charge is 0.496 e. The third kappa shape index (κ3) is 3.13. The lowest BCUT2D eigenvalue weighted by Crippen LogP contribution is -1.98. The number of ether oxygens (including phenoxy) is 2. The Morgan fingerprint density at radius 1 is 1.26 bits per heavy atom. The first-order chi connectivity index (χ1) is 9.24. The second-order valence-electron chi connectivity index (χ2n) is 4.03. The van der Waals surface area contributed by atoms with Crippen LogP contribution < -0.4 is 4.74 Å². The molecule has 3 nitrogen and oxygen atoms in total. The molecule has 0 aliphatic rings. The number of methoxy groups -OCH3 is 1. The van der Waals surface area contributed by atoms with Crippen molar-refractivity contribution in [3.63, 3.8) is 0 Å². The van der Waals surface area contributed by atoms with Crippen LogP contribution in [0.1, 0.15) is 12.5 Å². The molecule has 19 heavy (non-hydrogen) atoms. The summed E-state index contributed by atoms with van der Waals surface area (Å²) in [6.07, 6.45) is 3.18. The number of benzene rings is 2. The van der Waals surface area contributed by atoms with Crippen molar-refractivity contribution in [3.05, 3.63) is 48.0 Å². The number of hydrogen-bond donors (Lipinski definition) is 0. The van der Waals surface area contributed by atoms with Gasteiger partial charge in [0.15, 0.2) is 0 Å². The van der Waals surface area contributed by atoms with E-state index in [-0.39, 0.29) is 5.97 Å². The third-order valence-corrected chi connectivity index (χ3v) is 2.78. The maximum atomic E-state index is 11.3. The van der Waals surface area contributed by atoms with Crippen molar-refractivity contribution >= 4 is 22.8 Å². The van der Waals surface area contributed by atoms with Crippen LogP contribution in [0.15, 0.2) is 42.5 Å². The summed E-state index contributed by atoms with van der Waals surface area (Å²) in [7, 11) is 1.66. The van der Waals surface area contributed by atoms with E-state index in [1.165, 1.54) is 6.08 Å². The van der Waals surface area contributed by atoms with E-state index in [4.69, 9.17) is 9.47 Å². The van der Waals surface area contributed by atoms with E-state index in [9.17, 15) is 4.79 Å². The van der Waals surface area contributed by atoms with Gasteiger partial charge in [-0.3, -0.25) is 0 Å². The first kappa shape index (κ1) is 13.1. The van der Waals surface area contributed by atoms with Crippen LogP contribution in [-0.4, -0.2) is 19.7 Å². The van der Waals surface area contributed by atoms with Gasteiger partial charge in [-0.2, -0.15) is 0 Å². The second-order valence-corrected chi connectivity index (χ2v) is 4.03. The van der Waals surface area contributed by atoms with Gasteiger partial charge in [0, 0.05) is 11.5 Å². The maximum absolute atomic E-state index is 11.3. The van der Waals surface area contributed by atoms with Crippen LogP contribution in [-0.2, 0) is 9.53 Å². The van der Waals surface area contributed by atoms with Gasteiger partial charge in [0.1, 0.15) is 5.75 Å². The fourth-order valence-electron chi connectivity index (χ4n) is 1.91. The first-order valence-electron chi connectivity index (χ1n) is 6.16. The Balaban J connectivity index is 2.30. The molecule has 2 rings (SSSR count). The molecule has 0 atom stereocenters. The number of rotatable bonds is 4.